The lowest BCUT2D eigenvalue weighted by Gasteiger charge is -2.30. The quantitative estimate of drug-likeness (QED) is 0.852. The topological polar surface area (TPSA) is 58.4 Å². The Hall–Kier alpha value is -1.69. The van der Waals surface area contributed by atoms with Gasteiger partial charge in [-0.05, 0) is 51.7 Å². The predicted molar refractivity (Wildman–Crippen MR) is 83.5 cm³/mol. The lowest BCUT2D eigenvalue weighted by Crippen LogP contribution is -2.34. The lowest BCUT2D eigenvalue weighted by molar-refractivity contribution is 0.192. The molecule has 6 nitrogen and oxygen atoms in total. The number of piperidine rings is 1. The first-order chi connectivity index (χ1) is 10.2. The summed E-state index contributed by atoms with van der Waals surface area (Å²) in [4.78, 5) is 11.1. The largest absolute Gasteiger partial charge is 0.370 e. The van der Waals surface area contributed by atoms with Crippen LogP contribution in [0, 0.1) is 12.8 Å². The Morgan fingerprint density at radius 1 is 1.33 bits per heavy atom. The van der Waals surface area contributed by atoms with Gasteiger partial charge in [-0.2, -0.15) is 14.6 Å². The summed E-state index contributed by atoms with van der Waals surface area (Å²) in [6, 6.07) is 2.02. The molecule has 3 heterocycles. The van der Waals surface area contributed by atoms with E-state index in [1.165, 1.54) is 32.5 Å². The van der Waals surface area contributed by atoms with E-state index in [9.17, 15) is 0 Å². The Kier molecular flexibility index (Phi) is 4.34. The number of fused-ring (bicyclic) bond motifs is 1. The number of hydrogen-bond donors (Lipinski definition) is 1. The van der Waals surface area contributed by atoms with Gasteiger partial charge < -0.3 is 10.2 Å². The maximum Gasteiger partial charge on any atom is 0.254 e. The minimum absolute atomic E-state index is 0.655. The fraction of sp³-hybridized carbons (Fsp3) is 0.667. The fourth-order valence-electron chi connectivity index (χ4n) is 2.86. The number of aromatic nitrogens is 4. The van der Waals surface area contributed by atoms with Gasteiger partial charge in [0, 0.05) is 18.3 Å². The molecule has 6 heteroatoms. The molecule has 114 valence electrons. The Labute approximate surface area is 125 Å². The first-order valence-corrected chi connectivity index (χ1v) is 7.86. The van der Waals surface area contributed by atoms with Crippen molar-refractivity contribution in [1.82, 2.24) is 24.5 Å². The van der Waals surface area contributed by atoms with E-state index >= 15 is 0 Å². The number of nitrogens with zero attached hydrogens (tertiary/aromatic N) is 5. The molecule has 0 unspecified atom stereocenters. The van der Waals surface area contributed by atoms with E-state index in [0.29, 0.717) is 5.78 Å². The molecule has 2 aromatic rings. The summed E-state index contributed by atoms with van der Waals surface area (Å²) in [7, 11) is 0. The minimum Gasteiger partial charge on any atom is -0.370 e. The maximum absolute atomic E-state index is 4.35. The summed E-state index contributed by atoms with van der Waals surface area (Å²) >= 11 is 0. The smallest absolute Gasteiger partial charge is 0.254 e. The lowest BCUT2D eigenvalue weighted by atomic mass is 9.99. The molecule has 0 aromatic carbocycles. The number of aryl methyl sites for hydroxylation is 1. The molecule has 3 rings (SSSR count). The van der Waals surface area contributed by atoms with Crippen LogP contribution in [0.3, 0.4) is 0 Å². The van der Waals surface area contributed by atoms with Gasteiger partial charge in [0.25, 0.3) is 5.78 Å². The van der Waals surface area contributed by atoms with Crippen molar-refractivity contribution in [2.75, 3.05) is 31.5 Å². The van der Waals surface area contributed by atoms with Crippen molar-refractivity contribution in [3.63, 3.8) is 0 Å². The molecule has 1 N–H and O–H groups in total. The average Bonchev–Trinajstić information content (AvgIpc) is 2.93. The van der Waals surface area contributed by atoms with Gasteiger partial charge in [0.2, 0.25) is 0 Å². The Balaban J connectivity index is 1.49. The molecule has 0 aliphatic carbocycles. The molecule has 1 aliphatic heterocycles. The van der Waals surface area contributed by atoms with E-state index in [1.54, 1.807) is 10.8 Å². The van der Waals surface area contributed by atoms with Crippen LogP contribution in [0.4, 0.5) is 5.82 Å². The number of anilines is 1. The Morgan fingerprint density at radius 3 is 2.95 bits per heavy atom. The summed E-state index contributed by atoms with van der Waals surface area (Å²) in [5.41, 5.74) is 0.961. The van der Waals surface area contributed by atoms with Crippen molar-refractivity contribution >= 4 is 11.6 Å². The highest BCUT2D eigenvalue weighted by Crippen LogP contribution is 2.16. The number of hydrogen-bond acceptors (Lipinski definition) is 5. The second kappa shape index (κ2) is 6.39. The zero-order valence-electron chi connectivity index (χ0n) is 12.9. The second-order valence-corrected chi connectivity index (χ2v) is 6.06. The monoisotopic (exact) mass is 288 g/mol. The van der Waals surface area contributed by atoms with E-state index in [4.69, 9.17) is 0 Å². The van der Waals surface area contributed by atoms with Crippen molar-refractivity contribution in [3.05, 3.63) is 18.1 Å². The first kappa shape index (κ1) is 14.3. The van der Waals surface area contributed by atoms with Crippen LogP contribution in [0.1, 0.15) is 31.9 Å². The fourth-order valence-corrected chi connectivity index (χ4v) is 2.86. The van der Waals surface area contributed by atoms with Gasteiger partial charge in [-0.1, -0.05) is 6.92 Å². The highest BCUT2D eigenvalue weighted by Gasteiger charge is 2.14. The minimum atomic E-state index is 0.655. The van der Waals surface area contributed by atoms with Crippen LogP contribution < -0.4 is 5.32 Å². The van der Waals surface area contributed by atoms with Crippen molar-refractivity contribution in [1.29, 1.82) is 0 Å². The zero-order valence-corrected chi connectivity index (χ0v) is 12.9. The van der Waals surface area contributed by atoms with Crippen molar-refractivity contribution < 1.29 is 0 Å². The Bertz CT molecular complexity index is 585. The zero-order chi connectivity index (χ0) is 14.7. The second-order valence-electron chi connectivity index (χ2n) is 6.06. The highest BCUT2D eigenvalue weighted by molar-refractivity contribution is 5.44. The summed E-state index contributed by atoms with van der Waals surface area (Å²) in [5, 5.41) is 7.66. The van der Waals surface area contributed by atoms with Crippen LogP contribution in [0.5, 0.6) is 0 Å². The summed E-state index contributed by atoms with van der Waals surface area (Å²) in [6.45, 7) is 8.96. The van der Waals surface area contributed by atoms with Gasteiger partial charge in [-0.15, -0.1) is 0 Å². The SMILES string of the molecule is Cc1cc(NCCCN2CCC(C)CC2)n2ncnc2n1. The van der Waals surface area contributed by atoms with Crippen molar-refractivity contribution in [3.8, 4) is 0 Å². The van der Waals surface area contributed by atoms with E-state index in [1.807, 2.05) is 13.0 Å². The van der Waals surface area contributed by atoms with Gasteiger partial charge in [0.05, 0.1) is 0 Å². The van der Waals surface area contributed by atoms with E-state index in [2.05, 4.69) is 32.2 Å². The first-order valence-electron chi connectivity index (χ1n) is 7.86. The molecule has 21 heavy (non-hydrogen) atoms. The number of likely N-dealkylation sites (tertiary alicyclic amines) is 1. The maximum atomic E-state index is 4.35. The van der Waals surface area contributed by atoms with Crippen LogP contribution in [-0.2, 0) is 0 Å². The molecule has 1 saturated heterocycles. The third kappa shape index (κ3) is 3.50. The van der Waals surface area contributed by atoms with Gasteiger partial charge in [0.15, 0.2) is 0 Å². The predicted octanol–water partition coefficient (Wildman–Crippen LogP) is 1.97. The van der Waals surface area contributed by atoms with Crippen LogP contribution in [0.15, 0.2) is 12.4 Å². The third-order valence-corrected chi connectivity index (χ3v) is 4.21. The highest BCUT2D eigenvalue weighted by atomic mass is 15.3. The normalized spacial score (nSPS) is 17.4. The van der Waals surface area contributed by atoms with Gasteiger partial charge >= 0.3 is 0 Å². The molecule has 0 atom stereocenters. The van der Waals surface area contributed by atoms with E-state index in [0.717, 1.165) is 30.4 Å². The Morgan fingerprint density at radius 2 is 2.14 bits per heavy atom. The molecule has 0 bridgehead atoms. The van der Waals surface area contributed by atoms with Gasteiger partial charge in [-0.25, -0.2) is 4.98 Å². The van der Waals surface area contributed by atoms with Crippen LogP contribution in [0.25, 0.3) is 5.78 Å². The summed E-state index contributed by atoms with van der Waals surface area (Å²) in [5.74, 6) is 2.53. The molecular weight excluding hydrogens is 264 g/mol. The number of nitrogens with one attached hydrogen (secondary N) is 1. The van der Waals surface area contributed by atoms with Gasteiger partial charge in [0.1, 0.15) is 12.1 Å². The third-order valence-electron chi connectivity index (χ3n) is 4.21. The average molecular weight is 288 g/mol. The van der Waals surface area contributed by atoms with E-state index < -0.39 is 0 Å². The molecule has 0 radical (unpaired) electrons. The summed E-state index contributed by atoms with van der Waals surface area (Å²) in [6.07, 6.45) is 5.38. The van der Waals surface area contributed by atoms with Crippen LogP contribution in [0.2, 0.25) is 0 Å². The molecule has 0 saturated carbocycles. The molecule has 0 amide bonds. The molecular formula is C15H24N6. The van der Waals surface area contributed by atoms with Crippen molar-refractivity contribution in [2.24, 2.45) is 5.92 Å². The van der Waals surface area contributed by atoms with E-state index in [-0.39, 0.29) is 0 Å². The van der Waals surface area contributed by atoms with Crippen molar-refractivity contribution in [2.45, 2.75) is 33.1 Å². The molecule has 1 fully saturated rings. The molecule has 1 aliphatic rings. The van der Waals surface area contributed by atoms with Crippen LogP contribution in [-0.4, -0.2) is 50.7 Å². The summed E-state index contributed by atoms with van der Waals surface area (Å²) < 4.78 is 1.76. The van der Waals surface area contributed by atoms with Crippen LogP contribution >= 0.6 is 0 Å². The number of rotatable bonds is 5. The molecule has 2 aromatic heterocycles. The standard InChI is InChI=1S/C15H24N6/c1-12-4-8-20(9-5-12)7-3-6-16-14-10-13(2)19-15-17-11-18-21(14)15/h10-12,16H,3-9H2,1-2H3. The van der Waals surface area contributed by atoms with Gasteiger partial charge in [-0.3, -0.25) is 0 Å². The molecule has 0 spiro atoms.